The van der Waals surface area contributed by atoms with Crippen molar-refractivity contribution in [3.05, 3.63) is 109 Å². The number of carbonyl (C=O) groups is 1. The molecule has 0 aliphatic carbocycles. The number of ether oxygens (including phenoxy) is 2. The van der Waals surface area contributed by atoms with Gasteiger partial charge in [0.05, 0.1) is 41.1 Å². The third-order valence-electron chi connectivity index (χ3n) is 6.32. The highest BCUT2D eigenvalue weighted by molar-refractivity contribution is 7.07. The van der Waals surface area contributed by atoms with Gasteiger partial charge < -0.3 is 13.9 Å². The SMILES string of the molecule is CCOC(=O)C1=C(C)N=c2s/c(=C\c3ccc(-c4cccc(C(F)(F)F)c4)o3)c(=O)n2[C@@H]1c1ccc(OC)cc1. The number of hydrogen-bond donors (Lipinski definition) is 0. The molecule has 1 aliphatic rings. The number of aromatic nitrogens is 1. The fraction of sp³-hybridized carbons (Fsp3) is 0.207. The van der Waals surface area contributed by atoms with E-state index in [1.807, 2.05) is 0 Å². The number of methoxy groups -OCH3 is 1. The van der Waals surface area contributed by atoms with Gasteiger partial charge in [-0.25, -0.2) is 9.79 Å². The van der Waals surface area contributed by atoms with E-state index in [2.05, 4.69) is 4.99 Å². The number of esters is 1. The fourth-order valence-electron chi connectivity index (χ4n) is 4.46. The number of fused-ring (bicyclic) bond motifs is 1. The maximum Gasteiger partial charge on any atom is 0.416 e. The minimum absolute atomic E-state index is 0.155. The van der Waals surface area contributed by atoms with Crippen LogP contribution in [0.3, 0.4) is 0 Å². The summed E-state index contributed by atoms with van der Waals surface area (Å²) in [5, 5.41) is 0. The summed E-state index contributed by atoms with van der Waals surface area (Å²) in [6.07, 6.45) is -2.98. The van der Waals surface area contributed by atoms with E-state index in [4.69, 9.17) is 13.9 Å². The predicted octanol–water partition coefficient (Wildman–Crippen LogP) is 5.09. The lowest BCUT2D eigenvalue weighted by Gasteiger charge is -2.24. The smallest absolute Gasteiger partial charge is 0.416 e. The molecule has 0 saturated carbocycles. The Balaban J connectivity index is 1.60. The maximum atomic E-state index is 13.7. The normalized spacial score (nSPS) is 15.6. The summed E-state index contributed by atoms with van der Waals surface area (Å²) < 4.78 is 57.5. The van der Waals surface area contributed by atoms with Crippen molar-refractivity contribution in [1.29, 1.82) is 0 Å². The maximum absolute atomic E-state index is 13.7. The highest BCUT2D eigenvalue weighted by Gasteiger charge is 2.33. The Labute approximate surface area is 230 Å². The molecule has 0 fully saturated rings. The Morgan fingerprint density at radius 1 is 1.15 bits per heavy atom. The van der Waals surface area contributed by atoms with Crippen LogP contribution in [-0.4, -0.2) is 24.3 Å². The molecule has 11 heteroatoms. The van der Waals surface area contributed by atoms with E-state index >= 15 is 0 Å². The van der Waals surface area contributed by atoms with Gasteiger partial charge in [-0.3, -0.25) is 9.36 Å². The molecule has 4 aromatic rings. The van der Waals surface area contributed by atoms with Crippen molar-refractivity contribution >= 4 is 23.4 Å². The second-order valence-corrected chi connectivity index (χ2v) is 9.87. The van der Waals surface area contributed by atoms with Crippen LogP contribution in [0.1, 0.15) is 36.8 Å². The number of carbonyl (C=O) groups excluding carboxylic acids is 1. The van der Waals surface area contributed by atoms with E-state index in [0.29, 0.717) is 21.8 Å². The van der Waals surface area contributed by atoms with Gasteiger partial charge in [-0.1, -0.05) is 35.6 Å². The largest absolute Gasteiger partial charge is 0.497 e. The second-order valence-electron chi connectivity index (χ2n) is 8.86. The van der Waals surface area contributed by atoms with Crippen LogP contribution in [0.15, 0.2) is 86.1 Å². The predicted molar refractivity (Wildman–Crippen MR) is 143 cm³/mol. The molecule has 7 nitrogen and oxygen atoms in total. The summed E-state index contributed by atoms with van der Waals surface area (Å²) in [4.78, 5) is 31.6. The molecule has 0 saturated heterocycles. The number of furan rings is 1. The van der Waals surface area contributed by atoms with Crippen LogP contribution < -0.4 is 19.6 Å². The van der Waals surface area contributed by atoms with Crippen LogP contribution in [0.4, 0.5) is 13.2 Å². The zero-order chi connectivity index (χ0) is 28.6. The lowest BCUT2D eigenvalue weighted by Crippen LogP contribution is -2.39. The highest BCUT2D eigenvalue weighted by Crippen LogP contribution is 2.33. The van der Waals surface area contributed by atoms with E-state index in [9.17, 15) is 22.8 Å². The minimum Gasteiger partial charge on any atom is -0.497 e. The molecule has 40 heavy (non-hydrogen) atoms. The van der Waals surface area contributed by atoms with Crippen molar-refractivity contribution in [2.24, 2.45) is 4.99 Å². The Morgan fingerprint density at radius 3 is 2.58 bits per heavy atom. The molecular weight excluding hydrogens is 545 g/mol. The van der Waals surface area contributed by atoms with Gasteiger partial charge in [0.2, 0.25) is 0 Å². The molecule has 0 N–H and O–H groups in total. The van der Waals surface area contributed by atoms with Crippen molar-refractivity contribution in [3.8, 4) is 17.1 Å². The molecule has 1 atom stereocenters. The number of halogens is 3. The molecule has 0 radical (unpaired) electrons. The molecule has 0 amide bonds. The molecule has 0 unspecified atom stereocenters. The number of nitrogens with zero attached hydrogens (tertiary/aromatic N) is 2. The van der Waals surface area contributed by atoms with Gasteiger partial charge in [0.1, 0.15) is 17.3 Å². The van der Waals surface area contributed by atoms with Gasteiger partial charge in [0.25, 0.3) is 5.56 Å². The minimum atomic E-state index is -4.49. The van der Waals surface area contributed by atoms with Gasteiger partial charge in [-0.15, -0.1) is 0 Å². The third kappa shape index (κ3) is 5.12. The summed E-state index contributed by atoms with van der Waals surface area (Å²) in [5.74, 6) is 0.543. The van der Waals surface area contributed by atoms with Crippen molar-refractivity contribution < 1.29 is 31.9 Å². The highest BCUT2D eigenvalue weighted by atomic mass is 32.1. The quantitative estimate of drug-likeness (QED) is 0.303. The standard InChI is InChI=1S/C29H23F3N2O5S/c1-4-38-27(36)24-16(2)33-28-34(25(24)17-8-10-20(37-3)11-9-17)26(35)23(40-28)15-21-12-13-22(39-21)18-6-5-7-19(14-18)29(30,31)32/h5-15,25H,4H2,1-3H3/b23-15-/t25-/m1/s1. The Kier molecular flexibility index (Phi) is 7.24. The number of alkyl halides is 3. The topological polar surface area (TPSA) is 83.0 Å². The first-order valence-corrected chi connectivity index (χ1v) is 13.0. The number of thiazole rings is 1. The lowest BCUT2D eigenvalue weighted by molar-refractivity contribution is -0.139. The van der Waals surface area contributed by atoms with Crippen LogP contribution >= 0.6 is 11.3 Å². The molecule has 2 aromatic carbocycles. The third-order valence-corrected chi connectivity index (χ3v) is 7.31. The van der Waals surface area contributed by atoms with Gasteiger partial charge >= 0.3 is 12.1 Å². The van der Waals surface area contributed by atoms with Gasteiger partial charge in [-0.2, -0.15) is 13.2 Å². The van der Waals surface area contributed by atoms with Gasteiger partial charge in [0.15, 0.2) is 4.80 Å². The zero-order valence-corrected chi connectivity index (χ0v) is 22.4. The molecule has 5 rings (SSSR count). The number of hydrogen-bond acceptors (Lipinski definition) is 7. The molecular formula is C29H23F3N2O5S. The first-order valence-electron chi connectivity index (χ1n) is 12.2. The van der Waals surface area contributed by atoms with Crippen molar-refractivity contribution in [2.75, 3.05) is 13.7 Å². The van der Waals surface area contributed by atoms with Crippen LogP contribution in [0.25, 0.3) is 17.4 Å². The van der Waals surface area contributed by atoms with Crippen LogP contribution in [0, 0.1) is 0 Å². The van der Waals surface area contributed by atoms with E-state index in [1.54, 1.807) is 57.4 Å². The Bertz CT molecular complexity index is 1800. The van der Waals surface area contributed by atoms with Crippen molar-refractivity contribution in [2.45, 2.75) is 26.1 Å². The number of rotatable bonds is 6. The number of benzene rings is 2. The van der Waals surface area contributed by atoms with E-state index in [0.717, 1.165) is 23.5 Å². The van der Waals surface area contributed by atoms with Crippen LogP contribution in [0.5, 0.6) is 5.75 Å². The lowest BCUT2D eigenvalue weighted by atomic mass is 9.96. The second kappa shape index (κ2) is 10.6. The van der Waals surface area contributed by atoms with Gasteiger partial charge in [-0.05, 0) is 55.8 Å². The Morgan fingerprint density at radius 2 is 1.90 bits per heavy atom. The Hall–Kier alpha value is -4.38. The summed E-state index contributed by atoms with van der Waals surface area (Å²) in [5.41, 5.74) is 0.395. The van der Waals surface area contributed by atoms with Crippen LogP contribution in [-0.2, 0) is 15.7 Å². The monoisotopic (exact) mass is 568 g/mol. The summed E-state index contributed by atoms with van der Waals surface area (Å²) in [7, 11) is 1.54. The zero-order valence-electron chi connectivity index (χ0n) is 21.6. The fourth-order valence-corrected chi connectivity index (χ4v) is 5.48. The molecule has 3 heterocycles. The van der Waals surface area contributed by atoms with E-state index in [1.165, 1.54) is 22.8 Å². The molecule has 2 aromatic heterocycles. The first kappa shape index (κ1) is 27.2. The van der Waals surface area contributed by atoms with Gasteiger partial charge in [0, 0.05) is 11.6 Å². The summed E-state index contributed by atoms with van der Waals surface area (Å²) in [6.45, 7) is 3.54. The van der Waals surface area contributed by atoms with Crippen molar-refractivity contribution in [1.82, 2.24) is 4.57 Å². The van der Waals surface area contributed by atoms with Crippen molar-refractivity contribution in [3.63, 3.8) is 0 Å². The average Bonchev–Trinajstić information content (AvgIpc) is 3.52. The molecule has 1 aliphatic heterocycles. The molecule has 206 valence electrons. The molecule has 0 bridgehead atoms. The van der Waals surface area contributed by atoms with E-state index in [-0.39, 0.29) is 33.8 Å². The van der Waals surface area contributed by atoms with Crippen LogP contribution in [0.2, 0.25) is 0 Å². The molecule has 0 spiro atoms. The number of allylic oxidation sites excluding steroid dienone is 1. The van der Waals surface area contributed by atoms with E-state index < -0.39 is 29.3 Å². The summed E-state index contributed by atoms with van der Waals surface area (Å²) in [6, 6.07) is 14.2. The summed E-state index contributed by atoms with van der Waals surface area (Å²) >= 11 is 1.11. The average molecular weight is 569 g/mol. The first-order chi connectivity index (χ1) is 19.1.